The van der Waals surface area contributed by atoms with Gasteiger partial charge < -0.3 is 20.5 Å². The first-order valence-electron chi connectivity index (χ1n) is 5.33. The number of nitrogens with one attached hydrogen (secondary N) is 1. The number of fused-ring (bicyclic) bond motifs is 1. The first-order chi connectivity index (χ1) is 8.29. The van der Waals surface area contributed by atoms with Gasteiger partial charge in [0.05, 0.1) is 6.54 Å². The van der Waals surface area contributed by atoms with Crippen LogP contribution in [0.25, 0.3) is 0 Å². The van der Waals surface area contributed by atoms with Crippen LogP contribution in [-0.2, 0) is 6.54 Å². The van der Waals surface area contributed by atoms with Crippen LogP contribution in [0.15, 0.2) is 35.8 Å². The number of guanidine groups is 1. The molecule has 0 bridgehead atoms. The molecule has 17 heavy (non-hydrogen) atoms. The van der Waals surface area contributed by atoms with Gasteiger partial charge >= 0.3 is 0 Å². The molecule has 0 aliphatic carbocycles. The van der Waals surface area contributed by atoms with Gasteiger partial charge in [-0.1, -0.05) is 12.1 Å². The highest BCUT2D eigenvalue weighted by Crippen LogP contribution is 2.32. The molecule has 0 saturated carbocycles. The van der Waals surface area contributed by atoms with Crippen LogP contribution in [0.1, 0.15) is 5.56 Å². The van der Waals surface area contributed by atoms with Gasteiger partial charge in [-0.15, -0.1) is 6.58 Å². The fourth-order valence-electron chi connectivity index (χ4n) is 1.45. The molecule has 0 saturated heterocycles. The summed E-state index contributed by atoms with van der Waals surface area (Å²) in [5.74, 6) is 1.94. The zero-order chi connectivity index (χ0) is 12.1. The highest BCUT2D eigenvalue weighted by molar-refractivity contribution is 5.77. The normalized spacial score (nSPS) is 13.5. The molecule has 1 heterocycles. The van der Waals surface area contributed by atoms with Crippen LogP contribution in [0.3, 0.4) is 0 Å². The smallest absolute Gasteiger partial charge is 0.231 e. The maximum atomic E-state index is 5.66. The molecule has 5 nitrogen and oxygen atoms in total. The second-order valence-corrected chi connectivity index (χ2v) is 3.56. The second kappa shape index (κ2) is 5.25. The quantitative estimate of drug-likeness (QED) is 0.462. The molecular formula is C12H15N3O2. The number of hydrogen-bond acceptors (Lipinski definition) is 3. The van der Waals surface area contributed by atoms with Crippen LogP contribution in [0.5, 0.6) is 11.5 Å². The Morgan fingerprint density at radius 3 is 3.12 bits per heavy atom. The summed E-state index contributed by atoms with van der Waals surface area (Å²) in [7, 11) is 0. The van der Waals surface area contributed by atoms with Crippen molar-refractivity contribution in [1.82, 2.24) is 5.32 Å². The molecule has 0 radical (unpaired) electrons. The number of ether oxygens (including phenoxy) is 2. The largest absolute Gasteiger partial charge is 0.454 e. The Morgan fingerprint density at radius 2 is 2.29 bits per heavy atom. The van der Waals surface area contributed by atoms with Crippen LogP contribution >= 0.6 is 0 Å². The molecule has 0 spiro atoms. The molecule has 5 heteroatoms. The Hall–Kier alpha value is -2.17. The minimum atomic E-state index is 0.283. The zero-order valence-electron chi connectivity index (χ0n) is 9.48. The number of benzene rings is 1. The highest BCUT2D eigenvalue weighted by Gasteiger charge is 2.12. The molecule has 3 N–H and O–H groups in total. The van der Waals surface area contributed by atoms with Crippen molar-refractivity contribution in [2.24, 2.45) is 10.7 Å². The maximum Gasteiger partial charge on any atom is 0.231 e. The van der Waals surface area contributed by atoms with Crippen molar-refractivity contribution in [2.45, 2.75) is 6.54 Å². The first kappa shape index (κ1) is 11.3. The number of nitrogens with zero attached hydrogens (tertiary/aromatic N) is 1. The van der Waals surface area contributed by atoms with Gasteiger partial charge in [-0.25, -0.2) is 4.99 Å². The molecule has 0 aromatic heterocycles. The number of aliphatic imine (C=N–C) groups is 1. The van der Waals surface area contributed by atoms with Gasteiger partial charge in [0.1, 0.15) is 0 Å². The van der Waals surface area contributed by atoms with Crippen LogP contribution in [-0.4, -0.2) is 19.3 Å². The van der Waals surface area contributed by atoms with Gasteiger partial charge in [0.15, 0.2) is 17.5 Å². The van der Waals surface area contributed by atoms with E-state index in [0.717, 1.165) is 17.1 Å². The predicted molar refractivity (Wildman–Crippen MR) is 66.1 cm³/mol. The fraction of sp³-hybridized carbons (Fsp3) is 0.250. The van der Waals surface area contributed by atoms with E-state index in [0.29, 0.717) is 19.0 Å². The van der Waals surface area contributed by atoms with Crippen molar-refractivity contribution < 1.29 is 9.47 Å². The lowest BCUT2D eigenvalue weighted by atomic mass is 10.2. The summed E-state index contributed by atoms with van der Waals surface area (Å²) < 4.78 is 10.5. The average Bonchev–Trinajstić information content (AvgIpc) is 2.81. The Kier molecular flexibility index (Phi) is 3.49. The van der Waals surface area contributed by atoms with Gasteiger partial charge in [-0.3, -0.25) is 0 Å². The maximum absolute atomic E-state index is 5.66. The van der Waals surface area contributed by atoms with E-state index in [-0.39, 0.29) is 6.79 Å². The Morgan fingerprint density at radius 1 is 1.47 bits per heavy atom. The Bertz CT molecular complexity index is 443. The standard InChI is InChI=1S/C12H15N3O2/c1-2-5-14-12(13)15-7-9-3-4-10-11(6-9)17-8-16-10/h2-4,6H,1,5,7-8H2,(H3,13,14,15). The minimum absolute atomic E-state index is 0.283. The summed E-state index contributed by atoms with van der Waals surface area (Å²) in [5, 5.41) is 2.91. The van der Waals surface area contributed by atoms with E-state index in [1.807, 2.05) is 18.2 Å². The molecule has 1 aromatic carbocycles. The van der Waals surface area contributed by atoms with E-state index in [9.17, 15) is 0 Å². The van der Waals surface area contributed by atoms with Crippen LogP contribution < -0.4 is 20.5 Å². The third kappa shape index (κ3) is 2.90. The van der Waals surface area contributed by atoms with E-state index < -0.39 is 0 Å². The van der Waals surface area contributed by atoms with Crippen molar-refractivity contribution in [3.05, 3.63) is 36.4 Å². The molecule has 0 fully saturated rings. The molecule has 1 aliphatic heterocycles. The summed E-state index contributed by atoms with van der Waals surface area (Å²) in [6.07, 6.45) is 1.73. The van der Waals surface area contributed by atoms with Gasteiger partial charge in [0, 0.05) is 6.54 Å². The number of rotatable bonds is 4. The topological polar surface area (TPSA) is 68.9 Å². The highest BCUT2D eigenvalue weighted by atomic mass is 16.7. The zero-order valence-corrected chi connectivity index (χ0v) is 9.48. The van der Waals surface area contributed by atoms with E-state index in [4.69, 9.17) is 15.2 Å². The summed E-state index contributed by atoms with van der Waals surface area (Å²) in [4.78, 5) is 4.20. The van der Waals surface area contributed by atoms with Crippen LogP contribution in [0.2, 0.25) is 0 Å². The molecule has 0 amide bonds. The van der Waals surface area contributed by atoms with E-state index in [2.05, 4.69) is 16.9 Å². The summed E-state index contributed by atoms with van der Waals surface area (Å²) in [6, 6.07) is 5.73. The summed E-state index contributed by atoms with van der Waals surface area (Å²) in [5.41, 5.74) is 6.68. The van der Waals surface area contributed by atoms with E-state index >= 15 is 0 Å². The molecule has 0 atom stereocenters. The molecule has 2 rings (SSSR count). The van der Waals surface area contributed by atoms with Gasteiger partial charge in [-0.05, 0) is 17.7 Å². The SMILES string of the molecule is C=CCNC(N)=NCc1ccc2c(c1)OCO2. The Balaban J connectivity index is 1.97. The molecule has 0 unspecified atom stereocenters. The van der Waals surface area contributed by atoms with Crippen molar-refractivity contribution in [3.63, 3.8) is 0 Å². The molecule has 1 aliphatic rings. The van der Waals surface area contributed by atoms with Crippen molar-refractivity contribution in [2.75, 3.05) is 13.3 Å². The minimum Gasteiger partial charge on any atom is -0.454 e. The van der Waals surface area contributed by atoms with E-state index in [1.54, 1.807) is 6.08 Å². The molecule has 90 valence electrons. The van der Waals surface area contributed by atoms with Crippen LogP contribution in [0, 0.1) is 0 Å². The predicted octanol–water partition coefficient (Wildman–Crippen LogP) is 1.01. The lowest BCUT2D eigenvalue weighted by Gasteiger charge is -2.03. The van der Waals surface area contributed by atoms with Crippen molar-refractivity contribution >= 4 is 5.96 Å². The number of hydrogen-bond donors (Lipinski definition) is 2. The monoisotopic (exact) mass is 233 g/mol. The third-order valence-electron chi connectivity index (χ3n) is 2.30. The lowest BCUT2D eigenvalue weighted by molar-refractivity contribution is 0.174. The summed E-state index contributed by atoms with van der Waals surface area (Å²) in [6.45, 7) is 4.98. The fourth-order valence-corrected chi connectivity index (χ4v) is 1.45. The second-order valence-electron chi connectivity index (χ2n) is 3.56. The third-order valence-corrected chi connectivity index (χ3v) is 2.30. The van der Waals surface area contributed by atoms with Crippen molar-refractivity contribution in [3.8, 4) is 11.5 Å². The first-order valence-corrected chi connectivity index (χ1v) is 5.33. The molecular weight excluding hydrogens is 218 g/mol. The van der Waals surface area contributed by atoms with Crippen LogP contribution in [0.4, 0.5) is 0 Å². The Labute approximate surface area is 99.9 Å². The van der Waals surface area contributed by atoms with Gasteiger partial charge in [0.25, 0.3) is 0 Å². The summed E-state index contributed by atoms with van der Waals surface area (Å²) >= 11 is 0. The van der Waals surface area contributed by atoms with Gasteiger partial charge in [-0.2, -0.15) is 0 Å². The lowest BCUT2D eigenvalue weighted by Crippen LogP contribution is -2.31. The molecule has 1 aromatic rings. The van der Waals surface area contributed by atoms with Gasteiger partial charge in [0.2, 0.25) is 6.79 Å². The number of nitrogens with two attached hydrogens (primary N) is 1. The van der Waals surface area contributed by atoms with E-state index in [1.165, 1.54) is 0 Å². The average molecular weight is 233 g/mol. The van der Waals surface area contributed by atoms with Crippen molar-refractivity contribution in [1.29, 1.82) is 0 Å².